The van der Waals surface area contributed by atoms with Crippen molar-refractivity contribution in [2.24, 2.45) is 0 Å². The maximum absolute atomic E-state index is 14.0. The zero-order valence-electron chi connectivity index (χ0n) is 16.2. The highest BCUT2D eigenvalue weighted by Gasteiger charge is 2.32. The Morgan fingerprint density at radius 3 is 2.66 bits per heavy atom. The first kappa shape index (κ1) is 19.1. The highest BCUT2D eigenvalue weighted by molar-refractivity contribution is 5.77. The predicted octanol–water partition coefficient (Wildman–Crippen LogP) is 4.01. The maximum Gasteiger partial charge on any atom is 0.227 e. The van der Waals surface area contributed by atoms with E-state index < -0.39 is 0 Å². The van der Waals surface area contributed by atoms with Crippen LogP contribution in [0.5, 0.6) is 5.75 Å². The van der Waals surface area contributed by atoms with Crippen LogP contribution in [-0.2, 0) is 17.8 Å². The van der Waals surface area contributed by atoms with Crippen LogP contribution in [-0.4, -0.2) is 34.1 Å². The van der Waals surface area contributed by atoms with E-state index in [0.717, 1.165) is 24.2 Å². The molecule has 0 spiro atoms. The summed E-state index contributed by atoms with van der Waals surface area (Å²) in [4.78, 5) is 18.9. The Kier molecular flexibility index (Phi) is 5.55. The van der Waals surface area contributed by atoms with Gasteiger partial charge < -0.3 is 14.2 Å². The van der Waals surface area contributed by atoms with Crippen LogP contribution < -0.4 is 4.74 Å². The van der Waals surface area contributed by atoms with Gasteiger partial charge in [0.15, 0.2) is 0 Å². The maximum atomic E-state index is 14.0. The molecule has 2 aromatic carbocycles. The van der Waals surface area contributed by atoms with Gasteiger partial charge in [0.2, 0.25) is 17.6 Å². The van der Waals surface area contributed by atoms with E-state index in [0.29, 0.717) is 23.7 Å². The standard InChI is InChI=1S/C22H22FN3O3/c1-28-18-10-6-15(7-11-18)22-24-20(29-25-22)12-13-21(27)26(17-8-9-17)14-16-4-2-3-5-19(16)23/h2-7,10-11,17H,8-9,12-14H2,1H3. The van der Waals surface area contributed by atoms with Crippen molar-refractivity contribution in [3.8, 4) is 17.1 Å². The molecule has 0 unspecified atom stereocenters. The van der Waals surface area contributed by atoms with E-state index in [1.165, 1.54) is 6.07 Å². The summed E-state index contributed by atoms with van der Waals surface area (Å²) in [6, 6.07) is 14.1. The van der Waals surface area contributed by atoms with E-state index >= 15 is 0 Å². The number of methoxy groups -OCH3 is 1. The van der Waals surface area contributed by atoms with Gasteiger partial charge in [-0.05, 0) is 43.2 Å². The predicted molar refractivity (Wildman–Crippen MR) is 105 cm³/mol. The van der Waals surface area contributed by atoms with Crippen LogP contribution in [0.2, 0.25) is 0 Å². The number of ether oxygens (including phenoxy) is 1. The van der Waals surface area contributed by atoms with Gasteiger partial charge in [-0.2, -0.15) is 4.98 Å². The number of carbonyl (C=O) groups excluding carboxylic acids is 1. The number of nitrogens with zero attached hydrogens (tertiary/aromatic N) is 3. The lowest BCUT2D eigenvalue weighted by Gasteiger charge is -2.22. The lowest BCUT2D eigenvalue weighted by atomic mass is 10.1. The van der Waals surface area contributed by atoms with Gasteiger partial charge in [0, 0.05) is 36.6 Å². The van der Waals surface area contributed by atoms with Crippen LogP contribution >= 0.6 is 0 Å². The van der Waals surface area contributed by atoms with Gasteiger partial charge in [0.25, 0.3) is 0 Å². The van der Waals surface area contributed by atoms with Crippen molar-refractivity contribution < 1.29 is 18.4 Å². The van der Waals surface area contributed by atoms with Crippen LogP contribution in [0.15, 0.2) is 53.1 Å². The second-order valence-corrected chi connectivity index (χ2v) is 7.08. The van der Waals surface area contributed by atoms with Gasteiger partial charge in [-0.3, -0.25) is 4.79 Å². The zero-order valence-corrected chi connectivity index (χ0v) is 16.2. The normalized spacial score (nSPS) is 13.3. The molecular weight excluding hydrogens is 373 g/mol. The first-order valence-electron chi connectivity index (χ1n) is 9.64. The molecule has 0 aliphatic heterocycles. The van der Waals surface area contributed by atoms with E-state index in [4.69, 9.17) is 9.26 Å². The molecule has 29 heavy (non-hydrogen) atoms. The number of hydrogen-bond acceptors (Lipinski definition) is 5. The Balaban J connectivity index is 1.38. The number of hydrogen-bond donors (Lipinski definition) is 0. The molecule has 1 aliphatic rings. The second kappa shape index (κ2) is 8.43. The van der Waals surface area contributed by atoms with E-state index in [1.54, 1.807) is 30.2 Å². The van der Waals surface area contributed by atoms with Crippen molar-refractivity contribution >= 4 is 5.91 Å². The number of aromatic nitrogens is 2. The molecule has 0 saturated heterocycles. The second-order valence-electron chi connectivity index (χ2n) is 7.08. The number of aryl methyl sites for hydroxylation is 1. The quantitative estimate of drug-likeness (QED) is 0.577. The van der Waals surface area contributed by atoms with Crippen LogP contribution in [0.25, 0.3) is 11.4 Å². The number of benzene rings is 2. The van der Waals surface area contributed by atoms with Crippen molar-refractivity contribution in [1.29, 1.82) is 0 Å². The van der Waals surface area contributed by atoms with Gasteiger partial charge in [0.05, 0.1) is 7.11 Å². The van der Waals surface area contributed by atoms with Gasteiger partial charge >= 0.3 is 0 Å². The lowest BCUT2D eigenvalue weighted by molar-refractivity contribution is -0.132. The average molecular weight is 395 g/mol. The summed E-state index contributed by atoms with van der Waals surface area (Å²) in [5.41, 5.74) is 1.35. The van der Waals surface area contributed by atoms with Crippen molar-refractivity contribution in [2.75, 3.05) is 7.11 Å². The summed E-state index contributed by atoms with van der Waals surface area (Å²) >= 11 is 0. The Bertz CT molecular complexity index is 983. The smallest absolute Gasteiger partial charge is 0.227 e. The van der Waals surface area contributed by atoms with Gasteiger partial charge in [-0.15, -0.1) is 0 Å². The lowest BCUT2D eigenvalue weighted by Crippen LogP contribution is -2.33. The summed E-state index contributed by atoms with van der Waals surface area (Å²) in [6.45, 7) is 0.289. The Hall–Kier alpha value is -3.22. The highest BCUT2D eigenvalue weighted by atomic mass is 19.1. The van der Waals surface area contributed by atoms with Crippen molar-refractivity contribution in [3.05, 3.63) is 65.8 Å². The minimum Gasteiger partial charge on any atom is -0.497 e. The SMILES string of the molecule is COc1ccc(-c2noc(CCC(=O)N(Cc3ccccc3F)C3CC3)n2)cc1. The van der Waals surface area contributed by atoms with Crippen LogP contribution in [0.3, 0.4) is 0 Å². The zero-order chi connectivity index (χ0) is 20.2. The molecule has 6 nitrogen and oxygen atoms in total. The first-order chi connectivity index (χ1) is 14.1. The Morgan fingerprint density at radius 2 is 1.97 bits per heavy atom. The molecule has 1 aliphatic carbocycles. The summed E-state index contributed by atoms with van der Waals surface area (Å²) in [5, 5.41) is 3.99. The van der Waals surface area contributed by atoms with Gasteiger partial charge in [-0.25, -0.2) is 4.39 Å². The number of rotatable bonds is 8. The van der Waals surface area contributed by atoms with Crippen LogP contribution in [0, 0.1) is 5.82 Å². The van der Waals surface area contributed by atoms with E-state index in [-0.39, 0.29) is 30.7 Å². The van der Waals surface area contributed by atoms with Crippen molar-refractivity contribution in [1.82, 2.24) is 15.0 Å². The molecule has 0 radical (unpaired) electrons. The molecule has 1 aromatic heterocycles. The third kappa shape index (κ3) is 4.62. The summed E-state index contributed by atoms with van der Waals surface area (Å²) in [6.07, 6.45) is 2.52. The summed E-state index contributed by atoms with van der Waals surface area (Å²) in [5.74, 6) is 1.32. The molecule has 4 rings (SSSR count). The topological polar surface area (TPSA) is 68.5 Å². The fourth-order valence-electron chi connectivity index (χ4n) is 3.19. The Labute approximate surface area is 168 Å². The monoisotopic (exact) mass is 395 g/mol. The molecule has 1 amide bonds. The largest absolute Gasteiger partial charge is 0.497 e. The first-order valence-corrected chi connectivity index (χ1v) is 9.64. The molecule has 1 heterocycles. The van der Waals surface area contributed by atoms with E-state index in [9.17, 15) is 9.18 Å². The fourth-order valence-corrected chi connectivity index (χ4v) is 3.19. The molecule has 150 valence electrons. The molecular formula is C22H22FN3O3. The number of carbonyl (C=O) groups is 1. The third-order valence-electron chi connectivity index (χ3n) is 4.98. The molecule has 7 heteroatoms. The van der Waals surface area contributed by atoms with Crippen molar-refractivity contribution in [3.63, 3.8) is 0 Å². The molecule has 3 aromatic rings. The molecule has 0 N–H and O–H groups in total. The highest BCUT2D eigenvalue weighted by Crippen LogP contribution is 2.29. The van der Waals surface area contributed by atoms with E-state index in [1.807, 2.05) is 24.3 Å². The summed E-state index contributed by atoms with van der Waals surface area (Å²) in [7, 11) is 1.61. The molecule has 1 fully saturated rings. The minimum absolute atomic E-state index is 0.0278. The van der Waals surface area contributed by atoms with E-state index in [2.05, 4.69) is 10.1 Å². The van der Waals surface area contributed by atoms with Gasteiger partial charge in [-0.1, -0.05) is 23.4 Å². The molecule has 0 atom stereocenters. The van der Waals surface area contributed by atoms with Crippen molar-refractivity contribution in [2.45, 2.75) is 38.3 Å². The molecule has 0 bridgehead atoms. The fraction of sp³-hybridized carbons (Fsp3) is 0.318. The number of amides is 1. The Morgan fingerprint density at radius 1 is 1.21 bits per heavy atom. The van der Waals surface area contributed by atoms with Crippen LogP contribution in [0.4, 0.5) is 4.39 Å². The summed E-state index contributed by atoms with van der Waals surface area (Å²) < 4.78 is 24.4. The minimum atomic E-state index is -0.285. The average Bonchev–Trinajstić information content (AvgIpc) is 3.48. The van der Waals surface area contributed by atoms with Crippen LogP contribution in [0.1, 0.15) is 30.7 Å². The number of halogens is 1. The van der Waals surface area contributed by atoms with Gasteiger partial charge in [0.1, 0.15) is 11.6 Å². The molecule has 1 saturated carbocycles. The third-order valence-corrected chi connectivity index (χ3v) is 4.98.